The maximum atomic E-state index is 11.8. The van der Waals surface area contributed by atoms with E-state index in [-0.39, 0.29) is 18.3 Å². The van der Waals surface area contributed by atoms with Crippen molar-refractivity contribution >= 4 is 11.6 Å². The highest BCUT2D eigenvalue weighted by Crippen LogP contribution is 2.15. The van der Waals surface area contributed by atoms with Crippen LogP contribution in [-0.2, 0) is 11.3 Å². The normalized spacial score (nSPS) is 9.45. The minimum Gasteiger partial charge on any atom is -1.00 e. The number of nitrogens with one attached hydrogen (secondary N) is 1. The van der Waals surface area contributed by atoms with Gasteiger partial charge in [-0.25, -0.2) is 0 Å². The van der Waals surface area contributed by atoms with Crippen LogP contribution in [-0.4, -0.2) is 12.5 Å². The number of carbonyl (C=O) groups is 1. The molecular weight excluding hydrogens is 276 g/mol. The lowest BCUT2D eigenvalue weighted by atomic mass is 10.3. The summed E-state index contributed by atoms with van der Waals surface area (Å²) >= 11 is 0. The number of pyridine rings is 1. The van der Waals surface area contributed by atoms with Crippen LogP contribution in [0.15, 0.2) is 54.9 Å². The standard InChI is InChI=1S/C15H16N2O2.ClH/c1-2-19-14-8-6-13(7-9-14)16-15(18)12-17-10-4-3-5-11-17;/h3-11H,2,12H2,1H3;1H. The van der Waals surface area contributed by atoms with Crippen LogP contribution in [0.25, 0.3) is 0 Å². The summed E-state index contributed by atoms with van der Waals surface area (Å²) in [5.41, 5.74) is 0.769. The molecule has 2 aromatic rings. The van der Waals surface area contributed by atoms with E-state index < -0.39 is 0 Å². The second-order valence-electron chi connectivity index (χ2n) is 4.05. The third kappa shape index (κ3) is 4.90. The average Bonchev–Trinajstić information content (AvgIpc) is 2.42. The monoisotopic (exact) mass is 292 g/mol. The predicted octanol–water partition coefficient (Wildman–Crippen LogP) is -0.984. The summed E-state index contributed by atoms with van der Waals surface area (Å²) in [4.78, 5) is 11.8. The highest BCUT2D eigenvalue weighted by atomic mass is 35.5. The number of halogens is 1. The second-order valence-corrected chi connectivity index (χ2v) is 4.05. The largest absolute Gasteiger partial charge is 1.00 e. The molecule has 0 bridgehead atoms. The molecule has 0 saturated heterocycles. The van der Waals surface area contributed by atoms with E-state index in [2.05, 4.69) is 5.32 Å². The first-order valence-electron chi connectivity index (χ1n) is 6.24. The molecule has 1 heterocycles. The summed E-state index contributed by atoms with van der Waals surface area (Å²) in [6.45, 7) is 2.87. The number of anilines is 1. The van der Waals surface area contributed by atoms with E-state index in [9.17, 15) is 4.79 Å². The highest BCUT2D eigenvalue weighted by molar-refractivity contribution is 5.89. The molecule has 0 atom stereocenters. The van der Waals surface area contributed by atoms with Crippen LogP contribution in [0.3, 0.4) is 0 Å². The molecule has 0 unspecified atom stereocenters. The van der Waals surface area contributed by atoms with Crippen LogP contribution < -0.4 is 27.0 Å². The number of rotatable bonds is 5. The summed E-state index contributed by atoms with van der Waals surface area (Å²) < 4.78 is 7.17. The van der Waals surface area contributed by atoms with Crippen molar-refractivity contribution in [2.75, 3.05) is 11.9 Å². The lowest BCUT2D eigenvalue weighted by Crippen LogP contribution is -3.00. The molecule has 1 aromatic heterocycles. The van der Waals surface area contributed by atoms with E-state index >= 15 is 0 Å². The molecule has 1 aromatic carbocycles. The highest BCUT2D eigenvalue weighted by Gasteiger charge is 2.08. The lowest BCUT2D eigenvalue weighted by molar-refractivity contribution is -0.684. The summed E-state index contributed by atoms with van der Waals surface area (Å²) in [5, 5.41) is 2.84. The number of ether oxygens (including phenoxy) is 1. The molecule has 5 heteroatoms. The van der Waals surface area contributed by atoms with Crippen LogP contribution >= 0.6 is 0 Å². The Morgan fingerprint density at radius 3 is 2.40 bits per heavy atom. The zero-order chi connectivity index (χ0) is 13.5. The van der Waals surface area contributed by atoms with Gasteiger partial charge in [-0.3, -0.25) is 4.79 Å². The summed E-state index contributed by atoms with van der Waals surface area (Å²) in [6, 6.07) is 13.1. The third-order valence-corrected chi connectivity index (χ3v) is 2.55. The first-order valence-corrected chi connectivity index (χ1v) is 6.24. The smallest absolute Gasteiger partial charge is 0.290 e. The van der Waals surface area contributed by atoms with E-state index in [1.54, 1.807) is 0 Å². The maximum absolute atomic E-state index is 11.8. The third-order valence-electron chi connectivity index (χ3n) is 2.55. The van der Waals surface area contributed by atoms with Crippen LogP contribution in [0, 0.1) is 0 Å². The molecule has 20 heavy (non-hydrogen) atoms. The molecular formula is C15H17ClN2O2. The van der Waals surface area contributed by atoms with Crippen molar-refractivity contribution in [1.82, 2.24) is 0 Å². The lowest BCUT2D eigenvalue weighted by Gasteiger charge is -2.05. The van der Waals surface area contributed by atoms with Gasteiger partial charge in [-0.05, 0) is 31.2 Å². The van der Waals surface area contributed by atoms with E-state index in [4.69, 9.17) is 4.74 Å². The first-order chi connectivity index (χ1) is 9.28. The van der Waals surface area contributed by atoms with Crippen molar-refractivity contribution in [2.45, 2.75) is 13.5 Å². The van der Waals surface area contributed by atoms with Gasteiger partial charge in [0.1, 0.15) is 5.75 Å². The quantitative estimate of drug-likeness (QED) is 0.720. The van der Waals surface area contributed by atoms with Crippen molar-refractivity contribution in [3.8, 4) is 5.75 Å². The van der Waals surface area contributed by atoms with Crippen LogP contribution in [0.2, 0.25) is 0 Å². The Kier molecular flexibility index (Phi) is 6.53. The van der Waals surface area contributed by atoms with Gasteiger partial charge < -0.3 is 22.5 Å². The summed E-state index contributed by atoms with van der Waals surface area (Å²) in [6.07, 6.45) is 3.72. The van der Waals surface area contributed by atoms with Gasteiger partial charge in [0.05, 0.1) is 6.61 Å². The molecule has 4 nitrogen and oxygen atoms in total. The molecule has 0 aliphatic heterocycles. The summed E-state index contributed by atoms with van der Waals surface area (Å²) in [5.74, 6) is 0.748. The summed E-state index contributed by atoms with van der Waals surface area (Å²) in [7, 11) is 0. The number of hydrogen-bond acceptors (Lipinski definition) is 2. The van der Waals surface area contributed by atoms with E-state index in [0.717, 1.165) is 11.4 Å². The molecule has 106 valence electrons. The van der Waals surface area contributed by atoms with Crippen molar-refractivity contribution in [1.29, 1.82) is 0 Å². The molecule has 0 spiro atoms. The number of aromatic nitrogens is 1. The van der Waals surface area contributed by atoms with Crippen LogP contribution in [0.1, 0.15) is 6.92 Å². The van der Waals surface area contributed by atoms with Crippen molar-refractivity contribution < 1.29 is 26.5 Å². The zero-order valence-electron chi connectivity index (χ0n) is 11.3. The number of carbonyl (C=O) groups excluding carboxylic acids is 1. The molecule has 0 fully saturated rings. The molecule has 0 saturated carbocycles. The Morgan fingerprint density at radius 2 is 1.80 bits per heavy atom. The van der Waals surface area contributed by atoms with Gasteiger partial charge in [-0.1, -0.05) is 6.07 Å². The fraction of sp³-hybridized carbons (Fsp3) is 0.200. The van der Waals surface area contributed by atoms with E-state index in [1.807, 2.05) is 66.3 Å². The predicted molar refractivity (Wildman–Crippen MR) is 72.9 cm³/mol. The average molecular weight is 293 g/mol. The minimum atomic E-state index is -0.0552. The van der Waals surface area contributed by atoms with Gasteiger partial charge in [0.2, 0.25) is 6.54 Å². The van der Waals surface area contributed by atoms with Gasteiger partial charge in [-0.15, -0.1) is 0 Å². The van der Waals surface area contributed by atoms with Gasteiger partial charge in [0.25, 0.3) is 5.91 Å². The van der Waals surface area contributed by atoms with Crippen LogP contribution in [0.4, 0.5) is 5.69 Å². The Balaban J connectivity index is 0.00000200. The molecule has 0 aliphatic carbocycles. The number of nitrogens with zero attached hydrogens (tertiary/aromatic N) is 1. The van der Waals surface area contributed by atoms with Gasteiger partial charge >= 0.3 is 0 Å². The van der Waals surface area contributed by atoms with E-state index in [1.165, 1.54) is 0 Å². The minimum absolute atomic E-state index is 0. The van der Waals surface area contributed by atoms with E-state index in [0.29, 0.717) is 13.2 Å². The van der Waals surface area contributed by atoms with Crippen molar-refractivity contribution in [3.05, 3.63) is 54.9 Å². The molecule has 0 radical (unpaired) electrons. The van der Waals surface area contributed by atoms with Gasteiger partial charge in [-0.2, -0.15) is 4.57 Å². The Bertz CT molecular complexity index is 529. The number of hydrogen-bond donors (Lipinski definition) is 1. The van der Waals surface area contributed by atoms with Crippen LogP contribution in [0.5, 0.6) is 5.75 Å². The van der Waals surface area contributed by atoms with Crippen molar-refractivity contribution in [2.24, 2.45) is 0 Å². The SMILES string of the molecule is CCOc1ccc(NC(=O)C[n+]2ccccc2)cc1.[Cl-]. The first kappa shape index (κ1) is 16.0. The fourth-order valence-electron chi connectivity index (χ4n) is 1.71. The molecule has 1 N–H and O–H groups in total. The molecule has 1 amide bonds. The molecule has 0 aliphatic rings. The Morgan fingerprint density at radius 1 is 1.15 bits per heavy atom. The number of benzene rings is 1. The maximum Gasteiger partial charge on any atom is 0.290 e. The number of amides is 1. The van der Waals surface area contributed by atoms with Crippen molar-refractivity contribution in [3.63, 3.8) is 0 Å². The van der Waals surface area contributed by atoms with Gasteiger partial charge in [0.15, 0.2) is 12.4 Å². The van der Waals surface area contributed by atoms with Gasteiger partial charge in [0, 0.05) is 17.8 Å². The zero-order valence-corrected chi connectivity index (χ0v) is 12.0. The Labute approximate surface area is 124 Å². The second kappa shape index (κ2) is 8.17. The topological polar surface area (TPSA) is 42.2 Å². The Hall–Kier alpha value is -2.07. The fourth-order valence-corrected chi connectivity index (χ4v) is 1.71. The molecule has 2 rings (SSSR count).